The molecule has 0 atom stereocenters. The van der Waals surface area contributed by atoms with E-state index in [-0.39, 0.29) is 0 Å². The highest BCUT2D eigenvalue weighted by Gasteiger charge is 2.09. The standard InChI is InChI=1S/C9H11Cl2NO3S/c1-2-12-16(13,14)6-15-7-3-4-8(10)9(11)5-7/h3-5,12H,2,6H2,1H3. The summed E-state index contributed by atoms with van der Waals surface area (Å²) in [6.07, 6.45) is 0. The van der Waals surface area contributed by atoms with Crippen molar-refractivity contribution < 1.29 is 13.2 Å². The predicted molar refractivity (Wildman–Crippen MR) is 64.6 cm³/mol. The molecule has 1 aromatic carbocycles. The normalized spacial score (nSPS) is 11.4. The van der Waals surface area contributed by atoms with E-state index in [4.69, 9.17) is 27.9 Å². The minimum absolute atomic E-state index is 0.319. The molecule has 0 bridgehead atoms. The van der Waals surface area contributed by atoms with Gasteiger partial charge in [-0.3, -0.25) is 0 Å². The van der Waals surface area contributed by atoms with E-state index in [1.807, 2.05) is 0 Å². The molecule has 16 heavy (non-hydrogen) atoms. The van der Waals surface area contributed by atoms with Crippen molar-refractivity contribution in [2.45, 2.75) is 6.92 Å². The van der Waals surface area contributed by atoms with Gasteiger partial charge in [-0.1, -0.05) is 30.1 Å². The SMILES string of the molecule is CCNS(=O)(=O)COc1ccc(Cl)c(Cl)c1. The van der Waals surface area contributed by atoms with Crippen molar-refractivity contribution in [2.75, 3.05) is 12.5 Å². The van der Waals surface area contributed by atoms with Gasteiger partial charge in [0.1, 0.15) is 5.75 Å². The number of benzene rings is 1. The van der Waals surface area contributed by atoms with E-state index in [0.29, 0.717) is 22.3 Å². The molecule has 0 saturated carbocycles. The Bertz CT molecular complexity index is 462. The smallest absolute Gasteiger partial charge is 0.246 e. The number of hydrogen-bond acceptors (Lipinski definition) is 3. The molecule has 0 spiro atoms. The van der Waals surface area contributed by atoms with Crippen LogP contribution in [0.2, 0.25) is 10.0 Å². The number of halogens is 2. The van der Waals surface area contributed by atoms with E-state index in [9.17, 15) is 8.42 Å². The molecule has 0 heterocycles. The lowest BCUT2D eigenvalue weighted by atomic mass is 10.3. The summed E-state index contributed by atoms with van der Waals surface area (Å²) in [7, 11) is -3.40. The second kappa shape index (κ2) is 5.72. The lowest BCUT2D eigenvalue weighted by Crippen LogP contribution is -2.28. The van der Waals surface area contributed by atoms with Gasteiger partial charge in [-0.25, -0.2) is 13.1 Å². The van der Waals surface area contributed by atoms with Crippen LogP contribution < -0.4 is 9.46 Å². The van der Waals surface area contributed by atoms with Crippen LogP contribution in [0.15, 0.2) is 18.2 Å². The molecule has 0 unspecified atom stereocenters. The van der Waals surface area contributed by atoms with Gasteiger partial charge in [0.25, 0.3) is 0 Å². The van der Waals surface area contributed by atoms with Crippen molar-refractivity contribution in [3.05, 3.63) is 28.2 Å². The van der Waals surface area contributed by atoms with E-state index in [1.165, 1.54) is 6.07 Å². The van der Waals surface area contributed by atoms with Gasteiger partial charge in [0.05, 0.1) is 10.0 Å². The Balaban J connectivity index is 2.65. The van der Waals surface area contributed by atoms with Gasteiger partial charge in [-0.2, -0.15) is 0 Å². The number of sulfonamides is 1. The lowest BCUT2D eigenvalue weighted by molar-refractivity contribution is 0.374. The summed E-state index contributed by atoms with van der Waals surface area (Å²) in [5.74, 6) is -0.0883. The molecule has 0 saturated heterocycles. The van der Waals surface area contributed by atoms with Gasteiger partial charge in [0, 0.05) is 12.6 Å². The first-order valence-electron chi connectivity index (χ1n) is 4.50. The first kappa shape index (κ1) is 13.6. The molecule has 0 aliphatic heterocycles. The van der Waals surface area contributed by atoms with Gasteiger partial charge in [-0.05, 0) is 12.1 Å². The second-order valence-electron chi connectivity index (χ2n) is 2.95. The summed E-state index contributed by atoms with van der Waals surface area (Å²) in [6.45, 7) is 2.02. The maximum atomic E-state index is 11.3. The molecule has 1 aromatic rings. The highest BCUT2D eigenvalue weighted by atomic mass is 35.5. The zero-order chi connectivity index (χ0) is 12.2. The maximum absolute atomic E-state index is 11.3. The molecule has 0 aliphatic rings. The van der Waals surface area contributed by atoms with Crippen LogP contribution >= 0.6 is 23.2 Å². The van der Waals surface area contributed by atoms with E-state index < -0.39 is 16.0 Å². The summed E-state index contributed by atoms with van der Waals surface area (Å²) in [4.78, 5) is 0. The van der Waals surface area contributed by atoms with Gasteiger partial charge in [0.15, 0.2) is 0 Å². The van der Waals surface area contributed by atoms with Crippen molar-refractivity contribution in [3.8, 4) is 5.75 Å². The van der Waals surface area contributed by atoms with Gasteiger partial charge in [-0.15, -0.1) is 0 Å². The molecule has 7 heteroatoms. The molecule has 0 fully saturated rings. The van der Waals surface area contributed by atoms with Crippen LogP contribution in [-0.4, -0.2) is 20.9 Å². The number of nitrogens with one attached hydrogen (secondary N) is 1. The summed E-state index contributed by atoms with van der Waals surface area (Å²) in [6, 6.07) is 4.56. The fourth-order valence-corrected chi connectivity index (χ4v) is 2.08. The van der Waals surface area contributed by atoms with Gasteiger partial charge in [0.2, 0.25) is 16.0 Å². The van der Waals surface area contributed by atoms with Crippen LogP contribution in [0.25, 0.3) is 0 Å². The van der Waals surface area contributed by atoms with Crippen LogP contribution in [0, 0.1) is 0 Å². The van der Waals surface area contributed by atoms with E-state index in [1.54, 1.807) is 19.1 Å². The molecule has 0 radical (unpaired) electrons. The van der Waals surface area contributed by atoms with Crippen LogP contribution in [0.5, 0.6) is 5.75 Å². The number of hydrogen-bond donors (Lipinski definition) is 1. The third-order valence-electron chi connectivity index (χ3n) is 1.64. The third kappa shape index (κ3) is 4.17. The van der Waals surface area contributed by atoms with Gasteiger partial charge < -0.3 is 4.74 Å². The van der Waals surface area contributed by atoms with Crippen molar-refractivity contribution in [2.24, 2.45) is 0 Å². The van der Waals surface area contributed by atoms with E-state index in [0.717, 1.165) is 0 Å². The quantitative estimate of drug-likeness (QED) is 0.902. The van der Waals surface area contributed by atoms with Gasteiger partial charge >= 0.3 is 0 Å². The maximum Gasteiger partial charge on any atom is 0.246 e. The van der Waals surface area contributed by atoms with Crippen molar-refractivity contribution in [1.82, 2.24) is 4.72 Å². The Morgan fingerprint density at radius 1 is 1.31 bits per heavy atom. The molecular weight excluding hydrogens is 273 g/mol. The molecule has 1 N–H and O–H groups in total. The van der Waals surface area contributed by atoms with Crippen LogP contribution in [-0.2, 0) is 10.0 Å². The zero-order valence-corrected chi connectivity index (χ0v) is 10.9. The molecule has 1 rings (SSSR count). The summed E-state index contributed by atoms with van der Waals surface area (Å²) in [5.41, 5.74) is 0. The van der Waals surface area contributed by atoms with Crippen molar-refractivity contribution >= 4 is 33.2 Å². The topological polar surface area (TPSA) is 55.4 Å². The molecule has 4 nitrogen and oxygen atoms in total. The van der Waals surface area contributed by atoms with Crippen LogP contribution in [0.3, 0.4) is 0 Å². The Kier molecular flexibility index (Phi) is 4.86. The average molecular weight is 284 g/mol. The highest BCUT2D eigenvalue weighted by molar-refractivity contribution is 7.89. The van der Waals surface area contributed by atoms with E-state index in [2.05, 4.69) is 4.72 Å². The highest BCUT2D eigenvalue weighted by Crippen LogP contribution is 2.26. The zero-order valence-electron chi connectivity index (χ0n) is 8.54. The van der Waals surface area contributed by atoms with Crippen molar-refractivity contribution in [3.63, 3.8) is 0 Å². The Morgan fingerprint density at radius 2 is 2.00 bits per heavy atom. The largest absolute Gasteiger partial charge is 0.476 e. The fourth-order valence-electron chi connectivity index (χ4n) is 0.974. The molecule has 0 aliphatic carbocycles. The molecule has 90 valence electrons. The summed E-state index contributed by atoms with van der Waals surface area (Å²) >= 11 is 11.5. The lowest BCUT2D eigenvalue weighted by Gasteiger charge is -2.07. The van der Waals surface area contributed by atoms with Crippen LogP contribution in [0.4, 0.5) is 0 Å². The average Bonchev–Trinajstić information content (AvgIpc) is 2.20. The second-order valence-corrected chi connectivity index (χ2v) is 5.52. The van der Waals surface area contributed by atoms with Crippen molar-refractivity contribution in [1.29, 1.82) is 0 Å². The Hall–Kier alpha value is -0.490. The predicted octanol–water partition coefficient (Wildman–Crippen LogP) is 2.27. The Morgan fingerprint density at radius 3 is 2.56 bits per heavy atom. The monoisotopic (exact) mass is 283 g/mol. The number of ether oxygens (including phenoxy) is 1. The molecule has 0 amide bonds. The summed E-state index contributed by atoms with van der Waals surface area (Å²) < 4.78 is 29.9. The van der Waals surface area contributed by atoms with E-state index >= 15 is 0 Å². The minimum Gasteiger partial charge on any atom is -0.476 e. The van der Waals surface area contributed by atoms with Crippen LogP contribution in [0.1, 0.15) is 6.92 Å². The first-order valence-corrected chi connectivity index (χ1v) is 6.90. The molecule has 0 aromatic heterocycles. The first-order chi connectivity index (χ1) is 7.44. The summed E-state index contributed by atoms with van der Waals surface area (Å²) in [5, 5.41) is 0.712. The third-order valence-corrected chi connectivity index (χ3v) is 3.53. The Labute approximate surface area is 105 Å². The molecular formula is C9H11Cl2NO3S. The number of rotatable bonds is 5. The minimum atomic E-state index is -3.40. The fraction of sp³-hybridized carbons (Fsp3) is 0.333.